The number of halogens is 24. The van der Waals surface area contributed by atoms with Gasteiger partial charge in [0.1, 0.15) is 58.2 Å². The minimum absolute atomic E-state index is 0.0973. The summed E-state index contributed by atoms with van der Waals surface area (Å²) in [5.41, 5.74) is 0. The average Bonchev–Trinajstić information content (AvgIpc) is 0.708. The highest BCUT2D eigenvalue weighted by Gasteiger charge is 2.42. The normalized spacial score (nSPS) is 12.3. The first-order chi connectivity index (χ1) is 68.8. The van der Waals surface area contributed by atoms with E-state index >= 15 is 52.7 Å². The second-order valence-electron chi connectivity index (χ2n) is 34.6. The number of hydrogen-bond acceptors (Lipinski definition) is 0. The number of rotatable bonds is 12. The molecule has 24 rings (SSSR count). The van der Waals surface area contributed by atoms with Crippen LogP contribution < -0.4 is 63.7 Å². The van der Waals surface area contributed by atoms with Crippen molar-refractivity contribution in [1.82, 2.24) is 0 Å². The fraction of sp³-hybridized carbons (Fsp3) is 0. The van der Waals surface area contributed by atoms with Crippen molar-refractivity contribution in [2.45, 2.75) is 0 Å². The summed E-state index contributed by atoms with van der Waals surface area (Å²) in [6.07, 6.45) is 16.4. The molecule has 0 nitrogen and oxygen atoms in total. The molecule has 0 aliphatic carbocycles. The van der Waals surface area contributed by atoms with E-state index in [4.69, 9.17) is 0 Å². The van der Waals surface area contributed by atoms with Crippen LogP contribution in [0.15, 0.2) is 315 Å². The third-order valence-corrected chi connectivity index (χ3v) is 41.1. The van der Waals surface area contributed by atoms with Crippen molar-refractivity contribution in [1.29, 1.82) is 0 Å². The molecule has 0 heterocycles. The molecule has 24 aromatic carbocycles. The second-order valence-corrected chi connectivity index (χ2v) is 46.8. The smallest absolute Gasteiger partial charge is 0.195 e. The average molecular weight is 2030 g/mol. The fourth-order valence-electron chi connectivity index (χ4n) is 20.5. The van der Waals surface area contributed by atoms with Crippen LogP contribution in [0.3, 0.4) is 0 Å². The molecule has 0 unspecified atom stereocenters. The molecule has 24 aromatic rings. The third kappa shape index (κ3) is 14.8. The lowest BCUT2D eigenvalue weighted by Crippen LogP contribution is -2.34. The van der Waals surface area contributed by atoms with Gasteiger partial charge in [0.15, 0.2) is 81.4 Å². The minimum atomic E-state index is -4.22. The number of hydrogen-bond donors (Lipinski definition) is 0. The Balaban J connectivity index is 0.000000113. The van der Waals surface area contributed by atoms with Crippen LogP contribution in [0.5, 0.6) is 0 Å². The van der Waals surface area contributed by atoms with Gasteiger partial charge in [0, 0.05) is 57.6 Å². The summed E-state index contributed by atoms with van der Waals surface area (Å²) in [7, 11) is 0. The molecule has 712 valence electrons. The van der Waals surface area contributed by atoms with Crippen LogP contribution in [-0.4, -0.2) is 25.2 Å². The summed E-state index contributed by atoms with van der Waals surface area (Å²) in [6, 6.07) is 75.4. The Morgan fingerprint density at radius 3 is 0.611 bits per heavy atom. The van der Waals surface area contributed by atoms with Crippen molar-refractivity contribution in [3.8, 4) is 0 Å². The zero-order chi connectivity index (χ0) is 101. The Morgan fingerprint density at radius 2 is 0.333 bits per heavy atom. The van der Waals surface area contributed by atoms with E-state index in [-0.39, 0.29) is 10.6 Å². The molecule has 0 atom stereocenters. The summed E-state index contributed by atoms with van der Waals surface area (Å²) in [5, 5.41) is 15.2. The van der Waals surface area contributed by atoms with Gasteiger partial charge in [-0.3, -0.25) is 0 Å². The van der Waals surface area contributed by atoms with Crippen molar-refractivity contribution in [3.63, 3.8) is 0 Å². The van der Waals surface area contributed by atoms with E-state index in [1.165, 1.54) is 12.1 Å². The molecular weight excluding hydrogens is 1970 g/mol. The van der Waals surface area contributed by atoms with Gasteiger partial charge < -0.3 is 0 Å². The molecule has 0 amide bonds. The van der Waals surface area contributed by atoms with Crippen molar-refractivity contribution in [2.75, 3.05) is 0 Å². The van der Waals surface area contributed by atoms with E-state index in [1.807, 2.05) is 140 Å². The summed E-state index contributed by atoms with van der Waals surface area (Å²) < 4.78 is 353. The van der Waals surface area contributed by atoms with Crippen LogP contribution in [-0.2, 0) is 0 Å². The zero-order valence-electron chi connectivity index (χ0n) is 73.7. The van der Waals surface area contributed by atoms with Crippen molar-refractivity contribution in [3.05, 3.63) is 455 Å². The van der Waals surface area contributed by atoms with E-state index < -0.39 is 210 Å². The van der Waals surface area contributed by atoms with Gasteiger partial charge in [-0.15, -0.1) is 0 Å². The third-order valence-electron chi connectivity index (χ3n) is 26.9. The van der Waals surface area contributed by atoms with Crippen molar-refractivity contribution < 1.29 is 105 Å². The van der Waals surface area contributed by atoms with Crippen LogP contribution in [0.2, 0.25) is 0 Å². The van der Waals surface area contributed by atoms with Gasteiger partial charge in [0.05, 0.1) is 21.2 Å². The lowest BCUT2D eigenvalue weighted by molar-refractivity contribution is 0.450. The highest BCUT2D eigenvalue weighted by molar-refractivity contribution is 7.95. The van der Waals surface area contributed by atoms with E-state index in [0.29, 0.717) is 110 Å². The zero-order valence-corrected chi connectivity index (χ0v) is 77.3. The molecule has 144 heavy (non-hydrogen) atoms. The highest BCUT2D eigenvalue weighted by Crippen LogP contribution is 2.55. The molecule has 0 N–H and O–H groups in total. The van der Waals surface area contributed by atoms with Gasteiger partial charge in [-0.2, -0.15) is 0 Å². The fourth-order valence-corrected chi connectivity index (χ4v) is 33.7. The maximum absolute atomic E-state index is 15.3. The van der Waals surface area contributed by atoms with Gasteiger partial charge in [-0.25, -0.2) is 105 Å². The quantitative estimate of drug-likeness (QED) is 0.0376. The molecule has 0 saturated heterocycles. The highest BCUT2D eigenvalue weighted by atomic mass is 31.2. The predicted molar refractivity (Wildman–Crippen MR) is 543 cm³/mol. The van der Waals surface area contributed by atoms with Crippen LogP contribution in [0.4, 0.5) is 105 Å². The maximum Gasteiger partial charge on any atom is 0.195 e. The first-order valence-corrected chi connectivity index (χ1v) is 51.5. The topological polar surface area (TPSA) is 0 Å². The molecule has 0 aliphatic rings. The molecule has 0 radical (unpaired) electrons. The minimum Gasteiger partial charge on any atom is -0.207 e. The van der Waals surface area contributed by atoms with Gasteiger partial charge in [-0.1, -0.05) is 244 Å². The number of benzene rings is 24. The maximum atomic E-state index is 15.3. The van der Waals surface area contributed by atoms with Crippen LogP contribution in [0.1, 0.15) is 0 Å². The van der Waals surface area contributed by atoms with E-state index in [9.17, 15) is 52.7 Å². The first-order valence-electron chi connectivity index (χ1n) is 43.6. The van der Waals surface area contributed by atoms with Crippen LogP contribution in [0.25, 0.3) is 129 Å². The Morgan fingerprint density at radius 1 is 0.132 bits per heavy atom. The summed E-state index contributed by atoms with van der Waals surface area (Å²) >= 11 is 0. The Hall–Kier alpha value is -15.0. The summed E-state index contributed by atoms with van der Waals surface area (Å²) in [4.78, 5) is 0. The molecule has 0 fully saturated rings. The van der Waals surface area contributed by atoms with Crippen molar-refractivity contribution >= 4 is 246 Å². The lowest BCUT2D eigenvalue weighted by Gasteiger charge is -2.30. The Labute approximate surface area is 801 Å². The molecule has 0 spiro atoms. The molecule has 0 aliphatic heterocycles. The summed E-state index contributed by atoms with van der Waals surface area (Å²) in [5.74, 6) is -33.5. The van der Waals surface area contributed by atoms with Gasteiger partial charge in [0.2, 0.25) is 0 Å². The molecule has 0 bridgehead atoms. The van der Waals surface area contributed by atoms with E-state index in [2.05, 4.69) is 25.2 Å². The predicted octanol–water partition coefficient (Wildman–Crippen LogP) is 28.6. The largest absolute Gasteiger partial charge is 0.207 e. The summed E-state index contributed by atoms with van der Waals surface area (Å²) in [6.45, 7) is -15.8. The van der Waals surface area contributed by atoms with E-state index in [0.717, 1.165) is 127 Å². The second kappa shape index (κ2) is 35.5. The van der Waals surface area contributed by atoms with Crippen molar-refractivity contribution in [2.24, 2.45) is 0 Å². The molecular formula is C116H60F24P4. The Bertz CT molecular complexity index is 9260. The lowest BCUT2D eigenvalue weighted by atomic mass is 9.94. The molecule has 0 saturated carbocycles. The molecule has 28 heteroatoms. The van der Waals surface area contributed by atoms with Crippen LogP contribution in [0, 0.1) is 140 Å². The monoisotopic (exact) mass is 2030 g/mol. The van der Waals surface area contributed by atoms with E-state index in [1.54, 1.807) is 66.7 Å². The SMILES string of the molecule is C=P(c1c(F)cc(F)cc1F)(c1c(F)cc(F)cc1F)c1ccc2ccc3cccc4ccc1c2c34.C=P(c1c(F)ccc(F)c1F)(c1c(F)ccc(F)c1F)c1ccc2ccc3cccc4ccc1c2c34.C=P(c1cc(F)c(F)cc1F)(c1cc(F)c(F)cc1F)c1ccc2ccc3cccc4ccc1c2c34.C=P(c1ccc(F)c(F)c1F)(c1ccc(F)c(F)c1F)c1ccc2ccc3cccc4ccc1c2c34. The van der Waals surface area contributed by atoms with Gasteiger partial charge in [0.25, 0.3) is 0 Å². The van der Waals surface area contributed by atoms with Gasteiger partial charge >= 0.3 is 0 Å². The van der Waals surface area contributed by atoms with Gasteiger partial charge in [-0.05, 0) is 239 Å². The first kappa shape index (κ1) is 95.2. The standard InChI is InChI=1S/4C29H15F6P/c1-36(28-21(32)12-10-19(30)26(28)34,29-22(33)13-11-20(31)27(29)35)23-14-8-17-6-5-15-3-2-4-16-7-9-18(23)25(17)24(15)16;1-36(22-13-10-19(30)26(32)28(22)34,23-14-11-20(31)27(33)29(23)35)21-12-8-17-6-5-15-3-2-4-16-7-9-18(21)25(17)24(15)16;1-36(28-21(32)11-18(30)12-22(28)33,29-23(34)13-19(31)14-24(29)35)25-10-8-17-6-5-15-3-2-4-16-7-9-20(25)27(17)26(15)16;1-36(26-13-21(32)19(30)11-23(26)34,27-14-22(33)20(31)12-24(27)35)25-10-8-17-6-5-15-3-2-4-16-7-9-18(25)29(17)28(15)16/h4*2-14H,1H2. The molecule has 0 aromatic heterocycles. The van der Waals surface area contributed by atoms with Crippen LogP contribution >= 0.6 is 27.5 Å². The Kier molecular flexibility index (Phi) is 23.5.